The van der Waals surface area contributed by atoms with Crippen molar-refractivity contribution < 1.29 is 8.83 Å². The van der Waals surface area contributed by atoms with Crippen molar-refractivity contribution in [1.82, 2.24) is 0 Å². The lowest BCUT2D eigenvalue weighted by molar-refractivity contribution is 0.589. The lowest BCUT2D eigenvalue weighted by Crippen LogP contribution is -2.60. The fraction of sp³-hybridized carbons (Fsp3) is 0.180. The van der Waals surface area contributed by atoms with E-state index in [1.807, 2.05) is 0 Å². The Labute approximate surface area is 406 Å². The van der Waals surface area contributed by atoms with E-state index >= 15 is 0 Å². The Morgan fingerprint density at radius 2 is 0.897 bits per heavy atom. The van der Waals surface area contributed by atoms with E-state index in [2.05, 4.69) is 222 Å². The largest absolute Gasteiger partial charge is 0.440 e. The molecule has 11 aromatic rings. The van der Waals surface area contributed by atoms with Gasteiger partial charge in [-0.15, -0.1) is 22.7 Å². The molecule has 0 fully saturated rings. The first kappa shape index (κ1) is 41.4. The van der Waals surface area contributed by atoms with Crippen LogP contribution in [0.15, 0.2) is 165 Å². The van der Waals surface area contributed by atoms with Gasteiger partial charge in [-0.25, -0.2) is 0 Å². The van der Waals surface area contributed by atoms with Crippen molar-refractivity contribution in [3.8, 4) is 22.3 Å². The third kappa shape index (κ3) is 6.25. The summed E-state index contributed by atoms with van der Waals surface area (Å²) >= 11 is 3.60. The van der Waals surface area contributed by atoms with Crippen molar-refractivity contribution in [1.29, 1.82) is 0 Å². The highest BCUT2D eigenvalue weighted by Gasteiger charge is 2.49. The van der Waals surface area contributed by atoms with E-state index in [1.165, 1.54) is 75.5 Å². The molecule has 2 aliphatic heterocycles. The Hall–Kier alpha value is -6.80. The molecule has 4 aromatic heterocycles. The highest BCUT2D eigenvalue weighted by atomic mass is 32.1. The Balaban J connectivity index is 1.10. The normalized spacial score (nSPS) is 13.6. The topological polar surface area (TPSA) is 32.8 Å². The minimum Gasteiger partial charge on any atom is -0.440 e. The number of rotatable bonds is 5. The van der Waals surface area contributed by atoms with Crippen LogP contribution in [0.1, 0.15) is 78.0 Å². The fourth-order valence-electron chi connectivity index (χ4n) is 10.8. The SMILES string of the molecule is CC(C)c1cc2c3c(c1)N(c1ccc(-c4csc5ccccc45)cc1)c1oc4ccc(C(C)(C)C)cc4c1B3c1c(oc3ccc(C(C)(C)C)cc13)N2c1ccc(-c2csc3ccccc23)cc1. The predicted octanol–water partition coefficient (Wildman–Crippen LogP) is 16.7. The van der Waals surface area contributed by atoms with Crippen LogP contribution in [0.2, 0.25) is 0 Å². The van der Waals surface area contributed by atoms with Gasteiger partial charge in [-0.2, -0.15) is 0 Å². The van der Waals surface area contributed by atoms with Crippen molar-refractivity contribution in [2.24, 2.45) is 0 Å². The van der Waals surface area contributed by atoms with Crippen LogP contribution in [0.3, 0.4) is 0 Å². The molecule has 4 nitrogen and oxygen atoms in total. The van der Waals surface area contributed by atoms with Crippen molar-refractivity contribution in [3.63, 3.8) is 0 Å². The second-order valence-electron chi connectivity index (χ2n) is 21.2. The van der Waals surface area contributed by atoms with Crippen LogP contribution < -0.4 is 26.2 Å². The summed E-state index contributed by atoms with van der Waals surface area (Å²) in [6, 6.07) is 54.3. The third-order valence-electron chi connectivity index (χ3n) is 14.6. The minimum atomic E-state index is -0.181. The Kier molecular flexibility index (Phi) is 9.04. The Morgan fingerprint density at radius 3 is 1.31 bits per heavy atom. The molecule has 68 heavy (non-hydrogen) atoms. The number of benzene rings is 7. The van der Waals surface area contributed by atoms with E-state index in [4.69, 9.17) is 8.83 Å². The van der Waals surface area contributed by atoms with Crippen molar-refractivity contribution >= 4 is 122 Å². The molecular formula is C61H51BN2O2S2. The van der Waals surface area contributed by atoms with Gasteiger partial charge in [-0.1, -0.05) is 128 Å². The van der Waals surface area contributed by atoms with E-state index in [1.54, 1.807) is 22.7 Å². The van der Waals surface area contributed by atoms with Gasteiger partial charge in [0.1, 0.15) is 11.2 Å². The molecular weight excluding hydrogens is 868 g/mol. The van der Waals surface area contributed by atoms with Crippen molar-refractivity contribution in [2.75, 3.05) is 9.80 Å². The van der Waals surface area contributed by atoms with Crippen LogP contribution in [-0.4, -0.2) is 6.71 Å². The van der Waals surface area contributed by atoms with Gasteiger partial charge in [-0.05, 0) is 134 Å². The molecule has 0 spiro atoms. The highest BCUT2D eigenvalue weighted by Crippen LogP contribution is 2.50. The number of anilines is 6. The van der Waals surface area contributed by atoms with Crippen LogP contribution in [0.5, 0.6) is 0 Å². The molecule has 2 aliphatic rings. The smallest absolute Gasteiger partial charge is 0.262 e. The molecule has 0 saturated heterocycles. The quantitative estimate of drug-likeness (QED) is 0.161. The molecule has 7 heteroatoms. The third-order valence-corrected chi connectivity index (χ3v) is 16.5. The molecule has 13 rings (SSSR count). The molecule has 6 heterocycles. The Morgan fingerprint density at radius 1 is 0.471 bits per heavy atom. The molecule has 0 amide bonds. The van der Waals surface area contributed by atoms with Crippen molar-refractivity contribution in [2.45, 2.75) is 72.1 Å². The average Bonchev–Trinajstić information content (AvgIpc) is 4.14. The van der Waals surface area contributed by atoms with Crippen LogP contribution in [0.4, 0.5) is 34.5 Å². The van der Waals surface area contributed by atoms with Crippen LogP contribution >= 0.6 is 22.7 Å². The van der Waals surface area contributed by atoms with Gasteiger partial charge >= 0.3 is 0 Å². The molecule has 0 N–H and O–H groups in total. The summed E-state index contributed by atoms with van der Waals surface area (Å²) < 4.78 is 17.2. The summed E-state index contributed by atoms with van der Waals surface area (Å²) in [4.78, 5) is 4.83. The molecule has 0 saturated carbocycles. The molecule has 0 unspecified atom stereocenters. The summed E-state index contributed by atoms with van der Waals surface area (Å²) in [7, 11) is 0. The summed E-state index contributed by atoms with van der Waals surface area (Å²) in [6.07, 6.45) is 0. The first-order chi connectivity index (χ1) is 32.8. The zero-order valence-electron chi connectivity index (χ0n) is 39.7. The molecule has 0 bridgehead atoms. The lowest BCUT2D eigenvalue weighted by atomic mass is 9.33. The monoisotopic (exact) mass is 918 g/mol. The van der Waals surface area contributed by atoms with Gasteiger partial charge in [0.25, 0.3) is 6.71 Å². The highest BCUT2D eigenvalue weighted by molar-refractivity contribution is 7.18. The van der Waals surface area contributed by atoms with Crippen molar-refractivity contribution in [3.05, 3.63) is 173 Å². The summed E-state index contributed by atoms with van der Waals surface area (Å²) in [5, 5.41) is 9.43. The van der Waals surface area contributed by atoms with Gasteiger partial charge in [0, 0.05) is 75.7 Å². The molecule has 0 atom stereocenters. The minimum absolute atomic E-state index is 0.0659. The Bertz CT molecular complexity index is 3570. The van der Waals surface area contributed by atoms with Crippen LogP contribution in [0, 0.1) is 0 Å². The number of hydrogen-bond donors (Lipinski definition) is 0. The summed E-state index contributed by atoms with van der Waals surface area (Å²) in [5.41, 5.74) is 18.3. The molecule has 0 radical (unpaired) electrons. The zero-order chi connectivity index (χ0) is 46.4. The summed E-state index contributed by atoms with van der Waals surface area (Å²) in [6.45, 7) is 18.2. The number of nitrogens with zero attached hydrogens (tertiary/aromatic N) is 2. The van der Waals surface area contributed by atoms with Crippen LogP contribution in [-0.2, 0) is 10.8 Å². The van der Waals surface area contributed by atoms with Gasteiger partial charge in [0.15, 0.2) is 0 Å². The molecule has 7 aromatic carbocycles. The molecule has 332 valence electrons. The van der Waals surface area contributed by atoms with Crippen LogP contribution in [0.25, 0.3) is 64.4 Å². The maximum atomic E-state index is 7.30. The first-order valence-corrected chi connectivity index (χ1v) is 25.6. The average molecular weight is 919 g/mol. The first-order valence-electron chi connectivity index (χ1n) is 23.9. The standard InChI is InChI=1S/C61H51BN2O2S2/c1-35(2)38-29-49-57-50(30-38)64(42-25-19-37(20-26-42)48-34-68-54-16-12-10-14-44(48)54)59-56(46-32-40(61(6,7)8)22-28-52(46)66-59)62(57)55-45-31-39(60(3,4)5)21-27-51(45)65-58(55)63(49)41-23-17-36(18-24-41)47-33-67-53-15-11-9-13-43(47)53/h9-35H,1-8H3. The maximum Gasteiger partial charge on any atom is 0.262 e. The maximum absolute atomic E-state index is 7.30. The second kappa shape index (κ2) is 14.9. The second-order valence-corrected chi connectivity index (χ2v) is 23.0. The lowest BCUT2D eigenvalue weighted by Gasteiger charge is -2.41. The fourth-order valence-corrected chi connectivity index (χ4v) is 12.8. The van der Waals surface area contributed by atoms with E-state index in [0.717, 1.165) is 56.5 Å². The number of thiophene rings is 2. The summed E-state index contributed by atoms with van der Waals surface area (Å²) in [5.74, 6) is 1.97. The predicted molar refractivity (Wildman–Crippen MR) is 293 cm³/mol. The number of furan rings is 2. The van der Waals surface area contributed by atoms with E-state index in [0.29, 0.717) is 0 Å². The van der Waals surface area contributed by atoms with Gasteiger partial charge < -0.3 is 8.83 Å². The molecule has 0 aliphatic carbocycles. The van der Waals surface area contributed by atoms with E-state index < -0.39 is 0 Å². The van der Waals surface area contributed by atoms with E-state index in [9.17, 15) is 0 Å². The number of fused-ring (bicyclic) bond motifs is 10. The van der Waals surface area contributed by atoms with Gasteiger partial charge in [0.05, 0.1) is 0 Å². The van der Waals surface area contributed by atoms with Gasteiger partial charge in [-0.3, -0.25) is 9.80 Å². The zero-order valence-corrected chi connectivity index (χ0v) is 41.3. The van der Waals surface area contributed by atoms with E-state index in [-0.39, 0.29) is 23.5 Å². The number of hydrogen-bond acceptors (Lipinski definition) is 6. The van der Waals surface area contributed by atoms with Gasteiger partial charge in [0.2, 0.25) is 11.8 Å².